The smallest absolute Gasteiger partial charge is 0.258 e. The Labute approximate surface area is 161 Å². The highest BCUT2D eigenvalue weighted by atomic mass is 35.5. The van der Waals surface area contributed by atoms with Crippen LogP contribution in [0.3, 0.4) is 0 Å². The second-order valence-corrected chi connectivity index (χ2v) is 6.75. The molecule has 0 aromatic heterocycles. The number of nitriles is 1. The van der Waals surface area contributed by atoms with Crippen molar-refractivity contribution in [3.63, 3.8) is 0 Å². The highest BCUT2D eigenvalue weighted by Crippen LogP contribution is 2.25. The molecule has 3 rings (SSSR count). The lowest BCUT2D eigenvalue weighted by atomic mass is 9.95. The Bertz CT molecular complexity index is 880. The van der Waals surface area contributed by atoms with E-state index in [4.69, 9.17) is 16.9 Å². The summed E-state index contributed by atoms with van der Waals surface area (Å²) in [4.78, 5) is 26.5. The minimum Gasteiger partial charge on any atom is -0.338 e. The zero-order valence-corrected chi connectivity index (χ0v) is 15.2. The van der Waals surface area contributed by atoms with Crippen molar-refractivity contribution < 1.29 is 14.0 Å². The molecule has 1 aliphatic rings. The van der Waals surface area contributed by atoms with Crippen molar-refractivity contribution in [1.82, 2.24) is 4.90 Å². The first-order chi connectivity index (χ1) is 13.0. The van der Waals surface area contributed by atoms with Gasteiger partial charge < -0.3 is 10.2 Å². The molecule has 138 valence electrons. The number of nitrogens with zero attached hydrogens (tertiary/aromatic N) is 2. The second-order valence-electron chi connectivity index (χ2n) is 6.34. The summed E-state index contributed by atoms with van der Waals surface area (Å²) in [7, 11) is 0. The van der Waals surface area contributed by atoms with Crippen LogP contribution < -0.4 is 5.32 Å². The molecule has 1 N–H and O–H groups in total. The molecule has 2 aromatic carbocycles. The molecule has 0 aliphatic carbocycles. The number of rotatable bonds is 3. The molecule has 0 unspecified atom stereocenters. The topological polar surface area (TPSA) is 73.2 Å². The number of halogens is 2. The number of amides is 2. The van der Waals surface area contributed by atoms with E-state index >= 15 is 0 Å². The summed E-state index contributed by atoms with van der Waals surface area (Å²) in [5, 5.41) is 11.7. The number of hydrogen-bond donors (Lipinski definition) is 1. The summed E-state index contributed by atoms with van der Waals surface area (Å²) in [6.45, 7) is 0.712. The van der Waals surface area contributed by atoms with Gasteiger partial charge in [0.05, 0.1) is 22.2 Å². The van der Waals surface area contributed by atoms with Crippen LogP contribution in [0.5, 0.6) is 0 Å². The van der Waals surface area contributed by atoms with Crippen LogP contribution in [0.15, 0.2) is 42.5 Å². The van der Waals surface area contributed by atoms with Crippen molar-refractivity contribution in [1.29, 1.82) is 5.26 Å². The van der Waals surface area contributed by atoms with E-state index in [9.17, 15) is 14.0 Å². The summed E-state index contributed by atoms with van der Waals surface area (Å²) in [6.07, 6.45) is 0.972. The second kappa shape index (κ2) is 8.19. The Balaban J connectivity index is 1.59. The molecule has 1 heterocycles. The number of piperidine rings is 1. The average Bonchev–Trinajstić information content (AvgIpc) is 2.68. The van der Waals surface area contributed by atoms with Crippen LogP contribution in [0.4, 0.5) is 10.1 Å². The third-order valence-corrected chi connectivity index (χ3v) is 4.93. The molecule has 1 fully saturated rings. The third-order valence-electron chi connectivity index (χ3n) is 4.61. The first-order valence-electron chi connectivity index (χ1n) is 8.54. The lowest BCUT2D eigenvalue weighted by molar-refractivity contribution is -0.121. The van der Waals surface area contributed by atoms with Crippen LogP contribution in [0, 0.1) is 23.1 Å². The van der Waals surface area contributed by atoms with Crippen LogP contribution in [0.1, 0.15) is 28.8 Å². The van der Waals surface area contributed by atoms with Gasteiger partial charge >= 0.3 is 0 Å². The molecule has 27 heavy (non-hydrogen) atoms. The minimum absolute atomic E-state index is 0.0840. The van der Waals surface area contributed by atoms with Gasteiger partial charge in [-0.25, -0.2) is 4.39 Å². The van der Waals surface area contributed by atoms with Gasteiger partial charge in [-0.3, -0.25) is 9.59 Å². The molecule has 0 radical (unpaired) electrons. The van der Waals surface area contributed by atoms with Crippen molar-refractivity contribution >= 4 is 29.1 Å². The highest BCUT2D eigenvalue weighted by Gasteiger charge is 2.29. The molecule has 1 saturated heterocycles. The molecule has 0 bridgehead atoms. The number of hydrogen-bond acceptors (Lipinski definition) is 3. The number of benzene rings is 2. The maximum absolute atomic E-state index is 13.9. The maximum Gasteiger partial charge on any atom is 0.258 e. The number of carbonyl (C=O) groups excluding carboxylic acids is 2. The van der Waals surface area contributed by atoms with Gasteiger partial charge in [0.1, 0.15) is 5.82 Å². The number of likely N-dealkylation sites (tertiary alicyclic amines) is 1. The van der Waals surface area contributed by atoms with E-state index in [1.165, 1.54) is 23.1 Å². The Morgan fingerprint density at radius 2 is 1.81 bits per heavy atom. The van der Waals surface area contributed by atoms with Gasteiger partial charge in [0.15, 0.2) is 0 Å². The molecular weight excluding hydrogens is 369 g/mol. The van der Waals surface area contributed by atoms with Crippen LogP contribution in [0.2, 0.25) is 5.02 Å². The summed E-state index contributed by atoms with van der Waals surface area (Å²) >= 11 is 5.96. The van der Waals surface area contributed by atoms with Gasteiger partial charge in [-0.2, -0.15) is 5.26 Å². The average molecular weight is 386 g/mol. The molecular formula is C20H17ClFN3O2. The van der Waals surface area contributed by atoms with E-state index in [1.54, 1.807) is 24.3 Å². The molecule has 5 nitrogen and oxygen atoms in total. The van der Waals surface area contributed by atoms with E-state index in [-0.39, 0.29) is 22.4 Å². The van der Waals surface area contributed by atoms with Crippen LogP contribution in [-0.2, 0) is 4.79 Å². The van der Waals surface area contributed by atoms with Crippen molar-refractivity contribution in [2.45, 2.75) is 12.8 Å². The standard InChI is InChI=1S/C20H17ClFN3O2/c21-16-2-1-3-17(22)18(16)20(27)25-10-8-14(9-11-25)19(26)24-15-6-4-13(12-23)5-7-15/h1-7,14H,8-11H2,(H,24,26). The Morgan fingerprint density at radius 1 is 1.15 bits per heavy atom. The Morgan fingerprint density at radius 3 is 2.41 bits per heavy atom. The van der Waals surface area contributed by atoms with Gasteiger partial charge in [0.25, 0.3) is 5.91 Å². The zero-order valence-electron chi connectivity index (χ0n) is 14.4. The van der Waals surface area contributed by atoms with Crippen LogP contribution in [-0.4, -0.2) is 29.8 Å². The number of carbonyl (C=O) groups is 2. The lowest BCUT2D eigenvalue weighted by Gasteiger charge is -2.31. The van der Waals surface area contributed by atoms with Crippen molar-refractivity contribution in [2.75, 3.05) is 18.4 Å². The van der Waals surface area contributed by atoms with Gasteiger partial charge in [0.2, 0.25) is 5.91 Å². The number of nitrogens with one attached hydrogen (secondary N) is 1. The molecule has 2 aromatic rings. The normalized spacial score (nSPS) is 14.5. The van der Waals surface area contributed by atoms with Crippen LogP contribution in [0.25, 0.3) is 0 Å². The summed E-state index contributed by atoms with van der Waals surface area (Å²) in [5.41, 5.74) is 1.02. The molecule has 0 saturated carbocycles. The third kappa shape index (κ3) is 4.26. The first-order valence-corrected chi connectivity index (χ1v) is 8.91. The zero-order chi connectivity index (χ0) is 19.4. The molecule has 1 aliphatic heterocycles. The molecule has 7 heteroatoms. The first kappa shape index (κ1) is 18.9. The van der Waals surface area contributed by atoms with Gasteiger partial charge in [0, 0.05) is 24.7 Å². The van der Waals surface area contributed by atoms with Crippen molar-refractivity contribution in [2.24, 2.45) is 5.92 Å². The van der Waals surface area contributed by atoms with Gasteiger partial charge in [-0.1, -0.05) is 17.7 Å². The Hall–Kier alpha value is -2.91. The summed E-state index contributed by atoms with van der Waals surface area (Å²) in [6, 6.07) is 12.8. The van der Waals surface area contributed by atoms with E-state index in [1.807, 2.05) is 6.07 Å². The fourth-order valence-corrected chi connectivity index (χ4v) is 3.32. The Kier molecular flexibility index (Phi) is 5.72. The fraction of sp³-hybridized carbons (Fsp3) is 0.250. The van der Waals surface area contributed by atoms with Gasteiger partial charge in [-0.15, -0.1) is 0 Å². The van der Waals surface area contributed by atoms with E-state index < -0.39 is 11.7 Å². The predicted molar refractivity (Wildman–Crippen MR) is 99.8 cm³/mol. The van der Waals surface area contributed by atoms with E-state index in [2.05, 4.69) is 5.32 Å². The predicted octanol–water partition coefficient (Wildman–Crippen LogP) is 3.84. The minimum atomic E-state index is -0.645. The highest BCUT2D eigenvalue weighted by molar-refractivity contribution is 6.33. The maximum atomic E-state index is 13.9. The van der Waals surface area contributed by atoms with E-state index in [0.29, 0.717) is 37.2 Å². The lowest BCUT2D eigenvalue weighted by Crippen LogP contribution is -2.41. The van der Waals surface area contributed by atoms with Crippen molar-refractivity contribution in [3.05, 3.63) is 64.4 Å². The summed E-state index contributed by atoms with van der Waals surface area (Å²) in [5.74, 6) is -1.46. The van der Waals surface area contributed by atoms with E-state index in [0.717, 1.165) is 0 Å². The molecule has 0 spiro atoms. The molecule has 2 amide bonds. The largest absolute Gasteiger partial charge is 0.338 e. The van der Waals surface area contributed by atoms with Gasteiger partial charge in [-0.05, 0) is 49.2 Å². The SMILES string of the molecule is N#Cc1ccc(NC(=O)C2CCN(C(=O)c3c(F)cccc3Cl)CC2)cc1. The van der Waals surface area contributed by atoms with Crippen molar-refractivity contribution in [3.8, 4) is 6.07 Å². The number of anilines is 1. The monoisotopic (exact) mass is 385 g/mol. The quantitative estimate of drug-likeness (QED) is 0.872. The fourth-order valence-electron chi connectivity index (χ4n) is 3.08. The summed E-state index contributed by atoms with van der Waals surface area (Å²) < 4.78 is 13.9. The van der Waals surface area contributed by atoms with Crippen LogP contribution >= 0.6 is 11.6 Å². The molecule has 0 atom stereocenters.